The number of ether oxygens (including phenoxy) is 1. The molecule has 112 valence electrons. The summed E-state index contributed by atoms with van der Waals surface area (Å²) in [4.78, 5) is 11.8. The van der Waals surface area contributed by atoms with Crippen LogP contribution in [-0.4, -0.2) is 23.7 Å². The molecule has 2 N–H and O–H groups in total. The van der Waals surface area contributed by atoms with Crippen molar-refractivity contribution >= 4 is 16.7 Å². The second kappa shape index (κ2) is 7.09. The molecule has 0 radical (unpaired) electrons. The van der Waals surface area contributed by atoms with Crippen molar-refractivity contribution in [2.45, 2.75) is 32.9 Å². The van der Waals surface area contributed by atoms with Crippen molar-refractivity contribution in [3.8, 4) is 5.75 Å². The summed E-state index contributed by atoms with van der Waals surface area (Å²) in [6.07, 6.45) is 0.879. The predicted octanol–water partition coefficient (Wildman–Crippen LogP) is 2.63. The maximum atomic E-state index is 11.8. The Balaban J connectivity index is 2.13. The maximum Gasteiger partial charge on any atom is 0.258 e. The molecule has 0 aliphatic rings. The van der Waals surface area contributed by atoms with E-state index < -0.39 is 0 Å². The molecule has 0 saturated heterocycles. The van der Waals surface area contributed by atoms with Gasteiger partial charge in [0.15, 0.2) is 6.61 Å². The molecule has 2 rings (SSSR count). The van der Waals surface area contributed by atoms with Crippen molar-refractivity contribution in [2.75, 3.05) is 6.61 Å². The standard InChI is InChI=1S/C17H21NO3/c1-3-12(2)18-17(20)11-21-16-9-8-13-6-4-5-7-14(13)15(16)10-19/h4-9,12,19H,3,10-11H2,1-2H3,(H,18,20). The Labute approximate surface area is 124 Å². The van der Waals surface area contributed by atoms with Crippen LogP contribution in [0.5, 0.6) is 5.75 Å². The van der Waals surface area contributed by atoms with E-state index in [1.807, 2.05) is 44.2 Å². The van der Waals surface area contributed by atoms with Crippen LogP contribution in [0.25, 0.3) is 10.8 Å². The Morgan fingerprint density at radius 1 is 1.29 bits per heavy atom. The van der Waals surface area contributed by atoms with Gasteiger partial charge in [0.2, 0.25) is 0 Å². The first-order chi connectivity index (χ1) is 10.2. The van der Waals surface area contributed by atoms with Gasteiger partial charge >= 0.3 is 0 Å². The molecule has 0 fully saturated rings. The molecule has 2 aromatic carbocycles. The zero-order chi connectivity index (χ0) is 15.2. The van der Waals surface area contributed by atoms with Gasteiger partial charge in [0.25, 0.3) is 5.91 Å². The second-order valence-corrected chi connectivity index (χ2v) is 5.09. The quantitative estimate of drug-likeness (QED) is 0.858. The first-order valence-corrected chi connectivity index (χ1v) is 7.19. The molecule has 4 nitrogen and oxygen atoms in total. The lowest BCUT2D eigenvalue weighted by Crippen LogP contribution is -2.35. The van der Waals surface area contributed by atoms with Gasteiger partial charge < -0.3 is 15.2 Å². The Kier molecular flexibility index (Phi) is 5.17. The van der Waals surface area contributed by atoms with Crippen molar-refractivity contribution in [1.29, 1.82) is 0 Å². The number of amides is 1. The molecule has 2 aromatic rings. The molecule has 4 heteroatoms. The molecule has 1 amide bonds. The minimum Gasteiger partial charge on any atom is -0.483 e. The van der Waals surface area contributed by atoms with Crippen LogP contribution in [0.15, 0.2) is 36.4 Å². The van der Waals surface area contributed by atoms with Crippen LogP contribution in [0.4, 0.5) is 0 Å². The fourth-order valence-corrected chi connectivity index (χ4v) is 2.18. The lowest BCUT2D eigenvalue weighted by molar-refractivity contribution is -0.123. The molecular weight excluding hydrogens is 266 g/mol. The summed E-state index contributed by atoms with van der Waals surface area (Å²) >= 11 is 0. The first kappa shape index (κ1) is 15.3. The van der Waals surface area contributed by atoms with E-state index in [2.05, 4.69) is 5.32 Å². The van der Waals surface area contributed by atoms with E-state index in [1.54, 1.807) is 6.07 Å². The third-order valence-corrected chi connectivity index (χ3v) is 3.53. The largest absolute Gasteiger partial charge is 0.483 e. The van der Waals surface area contributed by atoms with Crippen molar-refractivity contribution < 1.29 is 14.6 Å². The fraction of sp³-hybridized carbons (Fsp3) is 0.353. The van der Waals surface area contributed by atoms with E-state index >= 15 is 0 Å². The van der Waals surface area contributed by atoms with Crippen molar-refractivity contribution in [2.24, 2.45) is 0 Å². The topological polar surface area (TPSA) is 58.6 Å². The van der Waals surface area contributed by atoms with Crippen LogP contribution in [0.1, 0.15) is 25.8 Å². The lowest BCUT2D eigenvalue weighted by atomic mass is 10.0. The van der Waals surface area contributed by atoms with Crippen molar-refractivity contribution in [1.82, 2.24) is 5.32 Å². The SMILES string of the molecule is CCC(C)NC(=O)COc1ccc2ccccc2c1CO. The van der Waals surface area contributed by atoms with Gasteiger partial charge in [0.05, 0.1) is 6.61 Å². The number of aliphatic hydroxyl groups excluding tert-OH is 1. The van der Waals surface area contributed by atoms with E-state index in [0.29, 0.717) is 11.3 Å². The summed E-state index contributed by atoms with van der Waals surface area (Å²) in [6, 6.07) is 11.6. The molecule has 0 aliphatic heterocycles. The normalized spacial score (nSPS) is 12.1. The summed E-state index contributed by atoms with van der Waals surface area (Å²) in [5, 5.41) is 14.4. The van der Waals surface area contributed by atoms with E-state index in [-0.39, 0.29) is 25.2 Å². The average molecular weight is 287 g/mol. The molecule has 0 saturated carbocycles. The predicted molar refractivity (Wildman–Crippen MR) is 83.3 cm³/mol. The van der Waals surface area contributed by atoms with Crippen LogP contribution in [0.2, 0.25) is 0 Å². The number of hydrogen-bond donors (Lipinski definition) is 2. The van der Waals surface area contributed by atoms with Crippen LogP contribution in [0.3, 0.4) is 0 Å². The summed E-state index contributed by atoms with van der Waals surface area (Å²) in [7, 11) is 0. The monoisotopic (exact) mass is 287 g/mol. The van der Waals surface area contributed by atoms with Gasteiger partial charge in [-0.25, -0.2) is 0 Å². The highest BCUT2D eigenvalue weighted by molar-refractivity contribution is 5.87. The number of aliphatic hydroxyl groups is 1. The Bertz CT molecular complexity index is 624. The van der Waals surface area contributed by atoms with Gasteiger partial charge in [-0.05, 0) is 30.2 Å². The van der Waals surface area contributed by atoms with Crippen LogP contribution in [-0.2, 0) is 11.4 Å². The summed E-state index contributed by atoms with van der Waals surface area (Å²) in [5.74, 6) is 0.400. The van der Waals surface area contributed by atoms with Gasteiger partial charge in [0, 0.05) is 11.6 Å². The number of fused-ring (bicyclic) bond motifs is 1. The number of benzene rings is 2. The third kappa shape index (κ3) is 3.73. The minimum atomic E-state index is -0.151. The van der Waals surface area contributed by atoms with E-state index in [0.717, 1.165) is 17.2 Å². The zero-order valence-corrected chi connectivity index (χ0v) is 12.4. The molecule has 0 aliphatic carbocycles. The minimum absolute atomic E-state index is 0.0460. The maximum absolute atomic E-state index is 11.8. The van der Waals surface area contributed by atoms with Crippen LogP contribution < -0.4 is 10.1 Å². The Morgan fingerprint density at radius 2 is 2.05 bits per heavy atom. The van der Waals surface area contributed by atoms with Crippen molar-refractivity contribution in [3.63, 3.8) is 0 Å². The summed E-state index contributed by atoms with van der Waals surface area (Å²) in [5.41, 5.74) is 0.712. The molecular formula is C17H21NO3. The molecule has 0 aromatic heterocycles. The van der Waals surface area contributed by atoms with Gasteiger partial charge in [-0.15, -0.1) is 0 Å². The number of hydrogen-bond acceptors (Lipinski definition) is 3. The van der Waals surface area contributed by atoms with Gasteiger partial charge in [-0.2, -0.15) is 0 Å². The molecule has 0 heterocycles. The van der Waals surface area contributed by atoms with E-state index in [4.69, 9.17) is 4.74 Å². The lowest BCUT2D eigenvalue weighted by Gasteiger charge is -2.14. The number of nitrogens with one attached hydrogen (secondary N) is 1. The molecule has 0 bridgehead atoms. The molecule has 1 unspecified atom stereocenters. The molecule has 21 heavy (non-hydrogen) atoms. The van der Waals surface area contributed by atoms with Gasteiger partial charge in [-0.3, -0.25) is 4.79 Å². The zero-order valence-electron chi connectivity index (χ0n) is 12.4. The first-order valence-electron chi connectivity index (χ1n) is 7.19. The van der Waals surface area contributed by atoms with Crippen LogP contribution >= 0.6 is 0 Å². The van der Waals surface area contributed by atoms with E-state index in [1.165, 1.54) is 0 Å². The van der Waals surface area contributed by atoms with Gasteiger partial charge in [-0.1, -0.05) is 37.3 Å². The number of carbonyl (C=O) groups excluding carboxylic acids is 1. The average Bonchev–Trinajstić information content (AvgIpc) is 2.52. The highest BCUT2D eigenvalue weighted by Crippen LogP contribution is 2.28. The highest BCUT2D eigenvalue weighted by Gasteiger charge is 2.11. The number of carbonyl (C=O) groups is 1. The molecule has 0 spiro atoms. The fourth-order valence-electron chi connectivity index (χ4n) is 2.18. The number of rotatable bonds is 6. The summed E-state index contributed by atoms with van der Waals surface area (Å²) in [6.45, 7) is 3.80. The van der Waals surface area contributed by atoms with Gasteiger partial charge in [0.1, 0.15) is 5.75 Å². The summed E-state index contributed by atoms with van der Waals surface area (Å²) < 4.78 is 5.57. The Hall–Kier alpha value is -2.07. The highest BCUT2D eigenvalue weighted by atomic mass is 16.5. The smallest absolute Gasteiger partial charge is 0.258 e. The van der Waals surface area contributed by atoms with Crippen molar-refractivity contribution in [3.05, 3.63) is 42.0 Å². The third-order valence-electron chi connectivity index (χ3n) is 3.53. The second-order valence-electron chi connectivity index (χ2n) is 5.09. The van der Waals surface area contributed by atoms with E-state index in [9.17, 15) is 9.90 Å². The Morgan fingerprint density at radius 3 is 2.76 bits per heavy atom. The molecule has 1 atom stereocenters. The van der Waals surface area contributed by atoms with Crippen LogP contribution in [0, 0.1) is 0 Å².